The van der Waals surface area contributed by atoms with Gasteiger partial charge in [-0.3, -0.25) is 0 Å². The van der Waals surface area contributed by atoms with Crippen molar-refractivity contribution in [2.75, 3.05) is 19.0 Å². The van der Waals surface area contributed by atoms with Crippen LogP contribution in [0, 0.1) is 11.7 Å². The molecule has 0 radical (unpaired) electrons. The maximum atomic E-state index is 13.6. The van der Waals surface area contributed by atoms with Crippen LogP contribution in [0.4, 0.5) is 9.52 Å². The molecule has 1 atom stereocenters. The van der Waals surface area contributed by atoms with Gasteiger partial charge in [0.25, 0.3) is 0 Å². The maximum absolute atomic E-state index is 13.6. The third-order valence-corrected chi connectivity index (χ3v) is 5.04. The Balaban J connectivity index is 1.77. The zero-order chi connectivity index (χ0) is 16.1. The Kier molecular flexibility index (Phi) is 5.56. The molecule has 0 saturated heterocycles. The zero-order valence-electron chi connectivity index (χ0n) is 13.3. The van der Waals surface area contributed by atoms with Gasteiger partial charge in [0.05, 0.1) is 12.6 Å². The van der Waals surface area contributed by atoms with Gasteiger partial charge in [0.2, 0.25) is 5.13 Å². The Morgan fingerprint density at radius 3 is 2.96 bits per heavy atom. The first kappa shape index (κ1) is 16.3. The average molecular weight is 335 g/mol. The summed E-state index contributed by atoms with van der Waals surface area (Å²) in [6.45, 7) is 0.617. The highest BCUT2D eigenvalue weighted by Crippen LogP contribution is 2.38. The number of aromatic nitrogens is 2. The summed E-state index contributed by atoms with van der Waals surface area (Å²) in [7, 11) is 1.67. The lowest BCUT2D eigenvalue weighted by Crippen LogP contribution is -2.19. The molecule has 0 amide bonds. The molecule has 0 aliphatic heterocycles. The minimum atomic E-state index is -0.189. The number of halogens is 1. The summed E-state index contributed by atoms with van der Waals surface area (Å²) in [6.07, 6.45) is 5.54. The molecule has 23 heavy (non-hydrogen) atoms. The van der Waals surface area contributed by atoms with Gasteiger partial charge in [0.1, 0.15) is 11.6 Å². The first-order valence-electron chi connectivity index (χ1n) is 8.10. The molecular weight excluding hydrogens is 313 g/mol. The summed E-state index contributed by atoms with van der Waals surface area (Å²) in [5, 5.41) is 4.30. The van der Waals surface area contributed by atoms with Gasteiger partial charge in [-0.1, -0.05) is 25.0 Å². The molecule has 1 aromatic heterocycles. The number of benzene rings is 1. The van der Waals surface area contributed by atoms with Crippen molar-refractivity contribution in [3.8, 4) is 0 Å². The number of rotatable bonds is 7. The first-order valence-corrected chi connectivity index (χ1v) is 8.87. The van der Waals surface area contributed by atoms with Gasteiger partial charge in [-0.05, 0) is 36.5 Å². The standard InChI is InChI=1S/C17H22FN3OS/c1-22-10-9-15-19-17(23-21-15)20-16(12-5-2-3-6-12)13-7-4-8-14(18)11-13/h4,7-8,11-12,16H,2-3,5-6,9-10H2,1H3,(H,19,20,21). The van der Waals surface area contributed by atoms with Crippen molar-refractivity contribution < 1.29 is 9.13 Å². The highest BCUT2D eigenvalue weighted by atomic mass is 32.1. The predicted molar refractivity (Wildman–Crippen MR) is 90.2 cm³/mol. The van der Waals surface area contributed by atoms with E-state index in [0.29, 0.717) is 18.9 Å². The number of nitrogens with zero attached hydrogens (tertiary/aromatic N) is 2. The Labute approximate surface area is 140 Å². The lowest BCUT2D eigenvalue weighted by Gasteiger charge is -2.24. The fourth-order valence-corrected chi connectivity index (χ4v) is 3.85. The molecule has 0 spiro atoms. The summed E-state index contributed by atoms with van der Waals surface area (Å²) < 4.78 is 23.1. The van der Waals surface area contributed by atoms with Crippen LogP contribution in [0.25, 0.3) is 0 Å². The molecule has 1 aliphatic carbocycles. The normalized spacial score (nSPS) is 16.6. The third-order valence-electron chi connectivity index (χ3n) is 4.36. The summed E-state index contributed by atoms with van der Waals surface area (Å²) in [5.41, 5.74) is 0.991. The molecule has 1 aliphatic rings. The Hall–Kier alpha value is -1.53. The number of hydrogen-bond acceptors (Lipinski definition) is 5. The van der Waals surface area contributed by atoms with Crippen LogP contribution in [-0.4, -0.2) is 23.1 Å². The molecule has 1 heterocycles. The SMILES string of the molecule is COCCc1nsc(NC(c2cccc(F)c2)C2CCCC2)n1. The van der Waals surface area contributed by atoms with E-state index in [1.54, 1.807) is 19.2 Å². The van der Waals surface area contributed by atoms with E-state index in [4.69, 9.17) is 4.74 Å². The van der Waals surface area contributed by atoms with Crippen LogP contribution in [-0.2, 0) is 11.2 Å². The van der Waals surface area contributed by atoms with Gasteiger partial charge in [-0.2, -0.15) is 4.37 Å². The summed E-state index contributed by atoms with van der Waals surface area (Å²) in [4.78, 5) is 4.53. The average Bonchev–Trinajstić information content (AvgIpc) is 3.22. The molecule has 3 rings (SSSR count). The molecule has 1 aromatic carbocycles. The number of ether oxygens (including phenoxy) is 1. The number of anilines is 1. The van der Waals surface area contributed by atoms with E-state index in [2.05, 4.69) is 14.7 Å². The molecule has 1 unspecified atom stereocenters. The van der Waals surface area contributed by atoms with E-state index >= 15 is 0 Å². The monoisotopic (exact) mass is 335 g/mol. The van der Waals surface area contributed by atoms with Crippen LogP contribution in [0.5, 0.6) is 0 Å². The van der Waals surface area contributed by atoms with Gasteiger partial charge in [0, 0.05) is 25.1 Å². The number of methoxy groups -OCH3 is 1. The second kappa shape index (κ2) is 7.84. The maximum Gasteiger partial charge on any atom is 0.203 e. The summed E-state index contributed by atoms with van der Waals surface area (Å²) >= 11 is 1.36. The number of nitrogens with one attached hydrogen (secondary N) is 1. The first-order chi connectivity index (χ1) is 11.3. The molecular formula is C17H22FN3OS. The van der Waals surface area contributed by atoms with Crippen molar-refractivity contribution in [2.45, 2.75) is 38.1 Å². The molecule has 1 N–H and O–H groups in total. The van der Waals surface area contributed by atoms with E-state index in [9.17, 15) is 4.39 Å². The predicted octanol–water partition coefficient (Wildman–Crippen LogP) is 4.21. The molecule has 4 nitrogen and oxygen atoms in total. The quantitative estimate of drug-likeness (QED) is 0.823. The number of hydrogen-bond donors (Lipinski definition) is 1. The fourth-order valence-electron chi connectivity index (χ4n) is 3.20. The Morgan fingerprint density at radius 1 is 1.39 bits per heavy atom. The molecule has 6 heteroatoms. The van der Waals surface area contributed by atoms with Gasteiger partial charge >= 0.3 is 0 Å². The van der Waals surface area contributed by atoms with Crippen LogP contribution < -0.4 is 5.32 Å². The lowest BCUT2D eigenvalue weighted by atomic mass is 9.92. The smallest absolute Gasteiger partial charge is 0.203 e. The fraction of sp³-hybridized carbons (Fsp3) is 0.529. The highest BCUT2D eigenvalue weighted by Gasteiger charge is 2.27. The van der Waals surface area contributed by atoms with Crippen LogP contribution in [0.1, 0.15) is 43.1 Å². The van der Waals surface area contributed by atoms with Crippen molar-refractivity contribution in [3.63, 3.8) is 0 Å². The van der Waals surface area contributed by atoms with Crippen LogP contribution in [0.15, 0.2) is 24.3 Å². The minimum Gasteiger partial charge on any atom is -0.384 e. The van der Waals surface area contributed by atoms with E-state index in [0.717, 1.165) is 16.5 Å². The second-order valence-electron chi connectivity index (χ2n) is 5.98. The largest absolute Gasteiger partial charge is 0.384 e. The topological polar surface area (TPSA) is 47.0 Å². The van der Waals surface area contributed by atoms with Crippen LogP contribution in [0.2, 0.25) is 0 Å². The zero-order valence-corrected chi connectivity index (χ0v) is 14.1. The third kappa shape index (κ3) is 4.26. The van der Waals surface area contributed by atoms with Gasteiger partial charge in [0.15, 0.2) is 0 Å². The molecule has 0 bridgehead atoms. The van der Waals surface area contributed by atoms with E-state index < -0.39 is 0 Å². The van der Waals surface area contributed by atoms with Gasteiger partial charge < -0.3 is 10.1 Å². The molecule has 1 saturated carbocycles. The molecule has 1 fully saturated rings. The van der Waals surface area contributed by atoms with E-state index in [1.165, 1.54) is 43.3 Å². The summed E-state index contributed by atoms with van der Waals surface area (Å²) in [5.74, 6) is 1.12. The molecule has 124 valence electrons. The van der Waals surface area contributed by atoms with Crippen molar-refractivity contribution in [1.82, 2.24) is 9.36 Å². The van der Waals surface area contributed by atoms with Gasteiger partial charge in [-0.25, -0.2) is 9.37 Å². The van der Waals surface area contributed by atoms with Crippen molar-refractivity contribution in [1.29, 1.82) is 0 Å². The van der Waals surface area contributed by atoms with E-state index in [1.807, 2.05) is 6.07 Å². The van der Waals surface area contributed by atoms with Crippen molar-refractivity contribution >= 4 is 16.7 Å². The Bertz CT molecular complexity index is 628. The van der Waals surface area contributed by atoms with Crippen molar-refractivity contribution in [2.24, 2.45) is 5.92 Å². The van der Waals surface area contributed by atoms with Crippen LogP contribution in [0.3, 0.4) is 0 Å². The van der Waals surface area contributed by atoms with Crippen molar-refractivity contribution in [3.05, 3.63) is 41.5 Å². The van der Waals surface area contributed by atoms with E-state index in [-0.39, 0.29) is 11.9 Å². The van der Waals surface area contributed by atoms with Gasteiger partial charge in [-0.15, -0.1) is 0 Å². The summed E-state index contributed by atoms with van der Waals surface area (Å²) in [6, 6.07) is 6.98. The lowest BCUT2D eigenvalue weighted by molar-refractivity contribution is 0.201. The molecule has 2 aromatic rings. The van der Waals surface area contributed by atoms with Crippen LogP contribution >= 0.6 is 11.5 Å². The minimum absolute atomic E-state index is 0.0939. The highest BCUT2D eigenvalue weighted by molar-refractivity contribution is 7.09. The second-order valence-corrected chi connectivity index (χ2v) is 6.73. The Morgan fingerprint density at radius 2 is 2.22 bits per heavy atom.